The van der Waals surface area contributed by atoms with Gasteiger partial charge in [0.1, 0.15) is 0 Å². The quantitative estimate of drug-likeness (QED) is 0.777. The Labute approximate surface area is 95.4 Å². The zero-order valence-electron chi connectivity index (χ0n) is 9.29. The van der Waals surface area contributed by atoms with Crippen LogP contribution in [-0.4, -0.2) is 12.5 Å². The fraction of sp³-hybridized carbons (Fsp3) is 0.231. The summed E-state index contributed by atoms with van der Waals surface area (Å²) in [6.07, 6.45) is 0.332. The first kappa shape index (κ1) is 12.0. The number of rotatable bonds is 4. The summed E-state index contributed by atoms with van der Waals surface area (Å²) in [5.74, 6) is -0.0345. The topological polar surface area (TPSA) is 52.9 Å². The molecule has 3 heteroatoms. The molecule has 3 nitrogen and oxygen atoms in total. The lowest BCUT2D eigenvalue weighted by Crippen LogP contribution is -2.26. The third-order valence-electron chi connectivity index (χ3n) is 2.04. The van der Waals surface area contributed by atoms with Crippen LogP contribution in [0.25, 0.3) is 0 Å². The average Bonchev–Trinajstić information content (AvgIpc) is 2.27. The van der Waals surface area contributed by atoms with Crippen LogP contribution < -0.4 is 5.32 Å². The molecule has 0 aliphatic carbocycles. The molecule has 16 heavy (non-hydrogen) atoms. The van der Waals surface area contributed by atoms with E-state index in [4.69, 9.17) is 5.26 Å². The van der Waals surface area contributed by atoms with Crippen molar-refractivity contribution in [2.24, 2.45) is 0 Å². The maximum atomic E-state index is 11.5. The monoisotopic (exact) mass is 214 g/mol. The molecule has 0 spiro atoms. The summed E-state index contributed by atoms with van der Waals surface area (Å²) in [5.41, 5.74) is 2.43. The minimum Gasteiger partial charge on any atom is -0.352 e. The third-order valence-corrected chi connectivity index (χ3v) is 2.04. The van der Waals surface area contributed by atoms with Crippen molar-refractivity contribution in [3.63, 3.8) is 0 Å². The standard InChI is InChI=1S/C13H14N2O/c1-10(2)9-15-13(16)7-11-3-5-12(8-14)6-4-11/h3-6H,1,7,9H2,2H3,(H,15,16). The molecule has 0 unspecified atom stereocenters. The Morgan fingerprint density at radius 1 is 1.44 bits per heavy atom. The lowest BCUT2D eigenvalue weighted by Gasteiger charge is -2.04. The number of carbonyl (C=O) groups is 1. The molecule has 1 N–H and O–H groups in total. The molecule has 0 bridgehead atoms. The molecule has 0 radical (unpaired) electrons. The highest BCUT2D eigenvalue weighted by Crippen LogP contribution is 2.03. The SMILES string of the molecule is C=C(C)CNC(=O)Cc1ccc(C#N)cc1. The normalized spacial score (nSPS) is 9.25. The second kappa shape index (κ2) is 5.72. The fourth-order valence-electron chi connectivity index (χ4n) is 1.19. The number of hydrogen-bond donors (Lipinski definition) is 1. The van der Waals surface area contributed by atoms with Crippen molar-refractivity contribution >= 4 is 5.91 Å². The van der Waals surface area contributed by atoms with Crippen molar-refractivity contribution in [2.75, 3.05) is 6.54 Å². The third kappa shape index (κ3) is 3.97. The van der Waals surface area contributed by atoms with Crippen molar-refractivity contribution in [3.8, 4) is 6.07 Å². The molecule has 0 aliphatic rings. The maximum Gasteiger partial charge on any atom is 0.224 e. The number of hydrogen-bond acceptors (Lipinski definition) is 2. The Morgan fingerprint density at radius 2 is 2.06 bits per heavy atom. The largest absolute Gasteiger partial charge is 0.352 e. The predicted octanol–water partition coefficient (Wildman–Crippen LogP) is 1.79. The molecule has 1 aromatic rings. The first-order chi connectivity index (χ1) is 7.61. The summed E-state index contributed by atoms with van der Waals surface area (Å²) >= 11 is 0. The summed E-state index contributed by atoms with van der Waals surface area (Å²) in [4.78, 5) is 11.5. The molecule has 0 atom stereocenters. The molecule has 82 valence electrons. The molecule has 1 aromatic carbocycles. The van der Waals surface area contributed by atoms with Gasteiger partial charge in [0.15, 0.2) is 0 Å². The van der Waals surface area contributed by atoms with Crippen LogP contribution in [0.2, 0.25) is 0 Å². The van der Waals surface area contributed by atoms with Crippen LogP contribution in [0.4, 0.5) is 0 Å². The molecule has 1 amide bonds. The molecule has 0 aliphatic heterocycles. The first-order valence-corrected chi connectivity index (χ1v) is 5.02. The maximum absolute atomic E-state index is 11.5. The van der Waals surface area contributed by atoms with Gasteiger partial charge in [0.25, 0.3) is 0 Å². The van der Waals surface area contributed by atoms with Crippen molar-refractivity contribution in [1.82, 2.24) is 5.32 Å². The Hall–Kier alpha value is -2.08. The van der Waals surface area contributed by atoms with Crippen molar-refractivity contribution in [1.29, 1.82) is 5.26 Å². The van der Waals surface area contributed by atoms with Gasteiger partial charge in [-0.25, -0.2) is 0 Å². The van der Waals surface area contributed by atoms with Gasteiger partial charge in [0, 0.05) is 6.54 Å². The van der Waals surface area contributed by atoms with E-state index in [-0.39, 0.29) is 5.91 Å². The molecular formula is C13H14N2O. The molecule has 0 fully saturated rings. The summed E-state index contributed by atoms with van der Waals surface area (Å²) in [6, 6.07) is 9.04. The smallest absolute Gasteiger partial charge is 0.224 e. The average molecular weight is 214 g/mol. The summed E-state index contributed by atoms with van der Waals surface area (Å²) < 4.78 is 0. The summed E-state index contributed by atoms with van der Waals surface area (Å²) in [7, 11) is 0. The second-order valence-corrected chi connectivity index (χ2v) is 3.72. The minimum absolute atomic E-state index is 0.0345. The van der Waals surface area contributed by atoms with Crippen LogP contribution in [0.15, 0.2) is 36.4 Å². The first-order valence-electron chi connectivity index (χ1n) is 5.02. The lowest BCUT2D eigenvalue weighted by molar-refractivity contribution is -0.120. The van der Waals surface area contributed by atoms with Crippen LogP contribution in [0, 0.1) is 11.3 Å². The highest BCUT2D eigenvalue weighted by Gasteiger charge is 2.02. The van der Waals surface area contributed by atoms with Crippen LogP contribution >= 0.6 is 0 Å². The minimum atomic E-state index is -0.0345. The number of nitrogens with one attached hydrogen (secondary N) is 1. The van der Waals surface area contributed by atoms with Crippen LogP contribution in [0.5, 0.6) is 0 Å². The van der Waals surface area contributed by atoms with Gasteiger partial charge in [-0.15, -0.1) is 0 Å². The zero-order valence-corrected chi connectivity index (χ0v) is 9.29. The number of nitrogens with zero attached hydrogens (tertiary/aromatic N) is 1. The lowest BCUT2D eigenvalue weighted by atomic mass is 10.1. The summed E-state index contributed by atoms with van der Waals surface area (Å²) in [6.45, 7) is 6.08. The van der Waals surface area contributed by atoms with E-state index < -0.39 is 0 Å². The highest BCUT2D eigenvalue weighted by molar-refractivity contribution is 5.78. The van der Waals surface area contributed by atoms with E-state index in [1.807, 2.05) is 13.0 Å². The van der Waals surface area contributed by atoms with Crippen molar-refractivity contribution in [3.05, 3.63) is 47.5 Å². The van der Waals surface area contributed by atoms with E-state index in [9.17, 15) is 4.79 Å². The van der Waals surface area contributed by atoms with Crippen LogP contribution in [0.1, 0.15) is 18.1 Å². The molecule has 0 aromatic heterocycles. The number of nitriles is 1. The van der Waals surface area contributed by atoms with Gasteiger partial charge in [-0.1, -0.05) is 24.3 Å². The van der Waals surface area contributed by atoms with E-state index in [0.717, 1.165) is 11.1 Å². The predicted molar refractivity (Wildman–Crippen MR) is 62.7 cm³/mol. The van der Waals surface area contributed by atoms with Gasteiger partial charge in [-0.3, -0.25) is 4.79 Å². The van der Waals surface area contributed by atoms with Crippen molar-refractivity contribution in [2.45, 2.75) is 13.3 Å². The summed E-state index contributed by atoms with van der Waals surface area (Å²) in [5, 5.41) is 11.4. The van der Waals surface area contributed by atoms with E-state index in [0.29, 0.717) is 18.5 Å². The molecule has 0 heterocycles. The van der Waals surface area contributed by atoms with Crippen LogP contribution in [-0.2, 0) is 11.2 Å². The van der Waals surface area contributed by atoms with E-state index in [2.05, 4.69) is 11.9 Å². The van der Waals surface area contributed by atoms with Gasteiger partial charge >= 0.3 is 0 Å². The van der Waals surface area contributed by atoms with Gasteiger partial charge < -0.3 is 5.32 Å². The van der Waals surface area contributed by atoms with Gasteiger partial charge in [0.2, 0.25) is 5.91 Å². The van der Waals surface area contributed by atoms with Gasteiger partial charge in [-0.05, 0) is 24.6 Å². The molecule has 1 rings (SSSR count). The van der Waals surface area contributed by atoms with Crippen molar-refractivity contribution < 1.29 is 4.79 Å². The zero-order chi connectivity index (χ0) is 12.0. The second-order valence-electron chi connectivity index (χ2n) is 3.72. The van der Waals surface area contributed by atoms with Gasteiger partial charge in [0.05, 0.1) is 18.1 Å². The van der Waals surface area contributed by atoms with Gasteiger partial charge in [-0.2, -0.15) is 5.26 Å². The Balaban J connectivity index is 2.50. The van der Waals surface area contributed by atoms with E-state index >= 15 is 0 Å². The Morgan fingerprint density at radius 3 is 2.56 bits per heavy atom. The Bertz CT molecular complexity index is 426. The fourth-order valence-corrected chi connectivity index (χ4v) is 1.19. The molecule has 0 saturated heterocycles. The van der Waals surface area contributed by atoms with E-state index in [1.165, 1.54) is 0 Å². The van der Waals surface area contributed by atoms with E-state index in [1.54, 1.807) is 24.3 Å². The Kier molecular flexibility index (Phi) is 4.28. The number of benzene rings is 1. The number of amides is 1. The van der Waals surface area contributed by atoms with Crippen LogP contribution in [0.3, 0.4) is 0 Å². The molecular weight excluding hydrogens is 200 g/mol. The number of carbonyl (C=O) groups excluding carboxylic acids is 1. The highest BCUT2D eigenvalue weighted by atomic mass is 16.1. The molecule has 0 saturated carbocycles.